The highest BCUT2D eigenvalue weighted by molar-refractivity contribution is 5.99. The van der Waals surface area contributed by atoms with E-state index in [1.807, 2.05) is 26.0 Å². The number of carbonyl (C=O) groups excluding carboxylic acids is 3. The van der Waals surface area contributed by atoms with Crippen LogP contribution in [0.2, 0.25) is 0 Å². The van der Waals surface area contributed by atoms with Gasteiger partial charge in [-0.25, -0.2) is 0 Å². The molecule has 1 saturated carbocycles. The van der Waals surface area contributed by atoms with Crippen molar-refractivity contribution in [2.45, 2.75) is 82.5 Å². The Morgan fingerprint density at radius 2 is 1.76 bits per heavy atom. The van der Waals surface area contributed by atoms with Crippen LogP contribution in [0, 0.1) is 5.92 Å². The van der Waals surface area contributed by atoms with Crippen LogP contribution >= 0.6 is 0 Å². The van der Waals surface area contributed by atoms with E-state index >= 15 is 0 Å². The number of ketones is 1. The topological polar surface area (TPSA) is 79.0 Å². The van der Waals surface area contributed by atoms with E-state index in [0.29, 0.717) is 24.4 Å². The summed E-state index contributed by atoms with van der Waals surface area (Å²) in [5.74, 6) is 0.0647. The first-order valence-electron chi connectivity index (χ1n) is 13.1. The Labute approximate surface area is 202 Å². The highest BCUT2D eigenvalue weighted by Crippen LogP contribution is 2.34. The molecule has 3 aliphatic heterocycles. The van der Waals surface area contributed by atoms with Crippen molar-refractivity contribution in [2.24, 2.45) is 5.92 Å². The lowest BCUT2D eigenvalue weighted by Gasteiger charge is -2.32. The van der Waals surface area contributed by atoms with Gasteiger partial charge in [0, 0.05) is 18.2 Å². The van der Waals surface area contributed by atoms with E-state index in [0.717, 1.165) is 12.5 Å². The molecule has 0 unspecified atom stereocenters. The second-order valence-electron chi connectivity index (χ2n) is 10.6. The Kier molecular flexibility index (Phi) is 6.76. The van der Waals surface area contributed by atoms with Crippen LogP contribution in [0.1, 0.15) is 74.2 Å². The monoisotopic (exact) mass is 467 g/mol. The summed E-state index contributed by atoms with van der Waals surface area (Å²) in [5.41, 5.74) is 1.87. The van der Waals surface area contributed by atoms with Gasteiger partial charge in [0.1, 0.15) is 18.7 Å². The van der Waals surface area contributed by atoms with E-state index in [4.69, 9.17) is 4.74 Å². The molecule has 4 fully saturated rings. The normalized spacial score (nSPS) is 27.5. The first-order valence-corrected chi connectivity index (χ1v) is 13.1. The van der Waals surface area contributed by atoms with Gasteiger partial charge in [-0.15, -0.1) is 0 Å². The van der Waals surface area contributed by atoms with Crippen LogP contribution in [0.3, 0.4) is 0 Å². The number of carbonyl (C=O) groups is 3. The zero-order valence-electron chi connectivity index (χ0n) is 20.4. The predicted octanol–water partition coefficient (Wildman–Crippen LogP) is 2.74. The number of hydrogen-bond acceptors (Lipinski definition) is 5. The second-order valence-corrected chi connectivity index (χ2v) is 10.6. The number of likely N-dealkylation sites (tertiary alicyclic amines) is 2. The van der Waals surface area contributed by atoms with Gasteiger partial charge in [0.15, 0.2) is 5.78 Å². The van der Waals surface area contributed by atoms with Crippen molar-refractivity contribution in [1.29, 1.82) is 0 Å². The fourth-order valence-corrected chi connectivity index (χ4v) is 5.87. The van der Waals surface area contributed by atoms with Gasteiger partial charge in [-0.2, -0.15) is 0 Å². The number of rotatable bonds is 7. The molecule has 2 amide bonds. The summed E-state index contributed by atoms with van der Waals surface area (Å²) in [5, 5.41) is 2.99. The van der Waals surface area contributed by atoms with Crippen molar-refractivity contribution >= 4 is 17.6 Å². The maximum Gasteiger partial charge on any atom is 0.251 e. The van der Waals surface area contributed by atoms with Crippen LogP contribution in [-0.4, -0.2) is 77.9 Å². The van der Waals surface area contributed by atoms with Crippen molar-refractivity contribution in [1.82, 2.24) is 15.1 Å². The van der Waals surface area contributed by atoms with Crippen LogP contribution < -0.4 is 5.32 Å². The fourth-order valence-electron chi connectivity index (χ4n) is 5.87. The third-order valence-electron chi connectivity index (χ3n) is 8.40. The summed E-state index contributed by atoms with van der Waals surface area (Å²) >= 11 is 0. The summed E-state index contributed by atoms with van der Waals surface area (Å²) in [6.45, 7) is 6.89. The molecule has 0 spiro atoms. The third kappa shape index (κ3) is 4.65. The second kappa shape index (κ2) is 9.78. The van der Waals surface area contributed by atoms with Crippen LogP contribution in [0.4, 0.5) is 0 Å². The fraction of sp³-hybridized carbons (Fsp3) is 0.667. The molecule has 34 heavy (non-hydrogen) atoms. The van der Waals surface area contributed by atoms with Crippen molar-refractivity contribution in [2.75, 3.05) is 26.2 Å². The summed E-state index contributed by atoms with van der Waals surface area (Å²) in [6.07, 6.45) is 6.29. The van der Waals surface area contributed by atoms with E-state index in [1.54, 1.807) is 4.90 Å². The largest absolute Gasteiger partial charge is 0.368 e. The number of piperidine rings is 1. The lowest BCUT2D eigenvalue weighted by Crippen LogP contribution is -2.54. The summed E-state index contributed by atoms with van der Waals surface area (Å²) in [7, 11) is 0. The van der Waals surface area contributed by atoms with Crippen LogP contribution in [0.15, 0.2) is 24.3 Å². The molecule has 184 valence electrons. The molecule has 3 heterocycles. The van der Waals surface area contributed by atoms with Gasteiger partial charge in [0.2, 0.25) is 5.91 Å². The Bertz CT molecular complexity index is 920. The van der Waals surface area contributed by atoms with Crippen molar-refractivity contribution in [3.63, 3.8) is 0 Å². The molecule has 1 N–H and O–H groups in total. The Hall–Kier alpha value is -2.25. The minimum absolute atomic E-state index is 0.0381. The Balaban J connectivity index is 1.23. The minimum atomic E-state index is -0.656. The van der Waals surface area contributed by atoms with Crippen molar-refractivity contribution in [3.8, 4) is 0 Å². The molecule has 5 rings (SSSR count). The molecule has 1 aliphatic carbocycles. The maximum atomic E-state index is 13.4. The van der Waals surface area contributed by atoms with Crippen LogP contribution in [0.25, 0.3) is 0 Å². The van der Waals surface area contributed by atoms with Gasteiger partial charge in [-0.3, -0.25) is 14.4 Å². The van der Waals surface area contributed by atoms with E-state index in [9.17, 15) is 14.4 Å². The number of Topliss-reactive ketones (excluding diaryl/α,β-unsaturated/α-hetero) is 1. The standard InChI is InChI=1S/C27H37N3O4/c1-3-17(2)24(27(33)30-15-12-23-25(30)22(31)16-34-23)28-26(32)20-6-4-18(5-7-20)19-10-13-29(14-11-19)21-8-9-21/h4-7,17,19,21,23-25H,3,8-16H2,1-2H3,(H,28,32)/t17-,23+,24-,25+/m0/s1. The van der Waals surface area contributed by atoms with Gasteiger partial charge >= 0.3 is 0 Å². The number of benzene rings is 1. The zero-order chi connectivity index (χ0) is 23.8. The first kappa shape index (κ1) is 23.5. The molecular formula is C27H37N3O4. The quantitative estimate of drug-likeness (QED) is 0.667. The zero-order valence-corrected chi connectivity index (χ0v) is 20.4. The number of nitrogens with one attached hydrogen (secondary N) is 1. The van der Waals surface area contributed by atoms with E-state index in [-0.39, 0.29) is 36.2 Å². The summed E-state index contributed by atoms with van der Waals surface area (Å²) in [6, 6.07) is 7.60. The SMILES string of the molecule is CC[C@H](C)[C@H](NC(=O)c1ccc(C2CCN(C3CC3)CC2)cc1)C(=O)N1CC[C@H]2OCC(=O)[C@H]21. The van der Waals surface area contributed by atoms with Gasteiger partial charge in [0.05, 0.1) is 6.10 Å². The Morgan fingerprint density at radius 3 is 2.41 bits per heavy atom. The average molecular weight is 468 g/mol. The Morgan fingerprint density at radius 1 is 1.06 bits per heavy atom. The molecule has 0 radical (unpaired) electrons. The van der Waals surface area contributed by atoms with Crippen LogP contribution in [-0.2, 0) is 14.3 Å². The van der Waals surface area contributed by atoms with Gasteiger partial charge in [0.25, 0.3) is 5.91 Å². The van der Waals surface area contributed by atoms with Crippen molar-refractivity contribution < 1.29 is 19.1 Å². The molecule has 0 aromatic heterocycles. The van der Waals surface area contributed by atoms with Gasteiger partial charge in [-0.05, 0) is 74.7 Å². The number of nitrogens with zero attached hydrogens (tertiary/aromatic N) is 2. The molecule has 1 aromatic carbocycles. The van der Waals surface area contributed by atoms with E-state index < -0.39 is 12.1 Å². The summed E-state index contributed by atoms with van der Waals surface area (Å²) in [4.78, 5) is 43.1. The number of ether oxygens (including phenoxy) is 1. The van der Waals surface area contributed by atoms with E-state index in [1.165, 1.54) is 44.3 Å². The number of fused-ring (bicyclic) bond motifs is 1. The first-order chi connectivity index (χ1) is 16.5. The van der Waals surface area contributed by atoms with Gasteiger partial charge < -0.3 is 19.9 Å². The highest BCUT2D eigenvalue weighted by Gasteiger charge is 2.48. The predicted molar refractivity (Wildman–Crippen MR) is 129 cm³/mol. The number of hydrogen-bond donors (Lipinski definition) is 1. The molecule has 4 atom stereocenters. The van der Waals surface area contributed by atoms with Crippen molar-refractivity contribution in [3.05, 3.63) is 35.4 Å². The molecule has 4 aliphatic rings. The van der Waals surface area contributed by atoms with E-state index in [2.05, 4.69) is 22.3 Å². The lowest BCUT2D eigenvalue weighted by molar-refractivity contribution is -0.139. The van der Waals surface area contributed by atoms with Crippen LogP contribution in [0.5, 0.6) is 0 Å². The molecular weight excluding hydrogens is 430 g/mol. The van der Waals surface area contributed by atoms with Gasteiger partial charge in [-0.1, -0.05) is 32.4 Å². The molecule has 7 heteroatoms. The average Bonchev–Trinajstić information content (AvgIpc) is 3.53. The molecule has 0 bridgehead atoms. The highest BCUT2D eigenvalue weighted by atomic mass is 16.5. The maximum absolute atomic E-state index is 13.4. The smallest absolute Gasteiger partial charge is 0.251 e. The lowest BCUT2D eigenvalue weighted by atomic mass is 9.89. The molecule has 7 nitrogen and oxygen atoms in total. The minimum Gasteiger partial charge on any atom is -0.368 e. The summed E-state index contributed by atoms with van der Waals surface area (Å²) < 4.78 is 5.53. The third-order valence-corrected chi connectivity index (χ3v) is 8.40. The molecule has 3 saturated heterocycles. The molecule has 1 aromatic rings. The number of amides is 2.